The van der Waals surface area contributed by atoms with E-state index in [1.807, 2.05) is 6.07 Å². The van der Waals surface area contributed by atoms with Crippen LogP contribution in [0, 0.1) is 0 Å². The van der Waals surface area contributed by atoms with Gasteiger partial charge in [-0.15, -0.1) is 20.4 Å². The lowest BCUT2D eigenvalue weighted by Crippen LogP contribution is -2.24. The minimum Gasteiger partial charge on any atom is -0.349 e. The van der Waals surface area contributed by atoms with Gasteiger partial charge in [-0.25, -0.2) is 0 Å². The monoisotopic (exact) mass is 272 g/mol. The molecule has 2 aromatic rings. The minimum atomic E-state index is -0.241. The molecule has 8 nitrogen and oxygen atoms in total. The smallest absolute Gasteiger partial charge is 0.221 e. The first-order valence-corrected chi connectivity index (χ1v) is 5.97. The Morgan fingerprint density at radius 3 is 2.65 bits per heavy atom. The molecular weight excluding hydrogens is 260 g/mol. The molecule has 8 heteroatoms. The minimum absolute atomic E-state index is 0.125. The number of carbonyl (C=O) groups is 2. The molecule has 1 N–H and O–H groups in total. The molecule has 0 atom stereocenters. The van der Waals surface area contributed by atoms with Crippen molar-refractivity contribution in [2.45, 2.75) is 19.4 Å². The Labute approximate surface area is 114 Å². The average molecular weight is 272 g/mol. The second kappa shape index (κ2) is 6.98. The highest BCUT2D eigenvalue weighted by molar-refractivity contribution is 5.77. The highest BCUT2D eigenvalue weighted by Crippen LogP contribution is 2.07. The molecule has 2 heterocycles. The molecule has 0 aromatic carbocycles. The Balaban J connectivity index is 1.92. The molecule has 0 spiro atoms. The fourth-order valence-electron chi connectivity index (χ4n) is 1.37. The summed E-state index contributed by atoms with van der Waals surface area (Å²) in [5.41, 5.74) is 0.578. The summed E-state index contributed by atoms with van der Waals surface area (Å²) >= 11 is 0. The number of nitrogens with zero attached hydrogens (tertiary/aromatic N) is 5. The average Bonchev–Trinajstić information content (AvgIpc) is 2.52. The van der Waals surface area contributed by atoms with Gasteiger partial charge in [0.1, 0.15) is 12.0 Å². The van der Waals surface area contributed by atoms with Crippen LogP contribution in [0.15, 0.2) is 24.4 Å². The summed E-state index contributed by atoms with van der Waals surface area (Å²) in [4.78, 5) is 25.5. The highest BCUT2D eigenvalue weighted by Gasteiger charge is 2.06. The molecule has 1 amide bonds. The molecule has 0 aliphatic rings. The van der Waals surface area contributed by atoms with Crippen LogP contribution in [0.4, 0.5) is 0 Å². The van der Waals surface area contributed by atoms with Gasteiger partial charge in [-0.3, -0.25) is 9.78 Å². The lowest BCUT2D eigenvalue weighted by Gasteiger charge is -2.02. The number of pyridine rings is 1. The van der Waals surface area contributed by atoms with Crippen LogP contribution in [0.1, 0.15) is 18.7 Å². The van der Waals surface area contributed by atoms with Gasteiger partial charge >= 0.3 is 0 Å². The van der Waals surface area contributed by atoms with E-state index in [9.17, 15) is 9.59 Å². The second-order valence-corrected chi connectivity index (χ2v) is 3.84. The maximum atomic E-state index is 11.3. The lowest BCUT2D eigenvalue weighted by atomic mass is 10.3. The summed E-state index contributed by atoms with van der Waals surface area (Å²) in [7, 11) is 0. The highest BCUT2D eigenvalue weighted by atomic mass is 16.1. The van der Waals surface area contributed by atoms with Gasteiger partial charge in [-0.1, -0.05) is 6.07 Å². The third-order valence-electron chi connectivity index (χ3n) is 2.35. The van der Waals surface area contributed by atoms with Gasteiger partial charge in [0.15, 0.2) is 5.82 Å². The molecule has 0 aliphatic heterocycles. The molecule has 0 aliphatic carbocycles. The zero-order valence-corrected chi connectivity index (χ0v) is 10.6. The molecule has 0 unspecified atom stereocenters. The van der Waals surface area contributed by atoms with E-state index in [2.05, 4.69) is 30.7 Å². The lowest BCUT2D eigenvalue weighted by molar-refractivity contribution is -0.122. The topological polar surface area (TPSA) is 111 Å². The van der Waals surface area contributed by atoms with E-state index in [4.69, 9.17) is 0 Å². The van der Waals surface area contributed by atoms with E-state index >= 15 is 0 Å². The van der Waals surface area contributed by atoms with Crippen molar-refractivity contribution in [3.05, 3.63) is 30.2 Å². The second-order valence-electron chi connectivity index (χ2n) is 3.84. The summed E-state index contributed by atoms with van der Waals surface area (Å²) in [6, 6.07) is 5.35. The number of aldehydes is 1. The first-order chi connectivity index (χ1) is 9.79. The number of carbonyl (C=O) groups excluding carboxylic acids is 2. The van der Waals surface area contributed by atoms with Crippen LogP contribution in [-0.2, 0) is 16.1 Å². The molecule has 20 heavy (non-hydrogen) atoms. The molecule has 2 rings (SSSR count). The van der Waals surface area contributed by atoms with Crippen molar-refractivity contribution in [3.63, 3.8) is 0 Å². The molecule has 0 saturated carbocycles. The van der Waals surface area contributed by atoms with Crippen molar-refractivity contribution < 1.29 is 9.59 Å². The Kier molecular flexibility index (Phi) is 4.76. The van der Waals surface area contributed by atoms with Crippen LogP contribution in [-0.4, -0.2) is 37.6 Å². The molecule has 0 radical (unpaired) electrons. The summed E-state index contributed by atoms with van der Waals surface area (Å²) in [5, 5.41) is 18.1. The SMILES string of the molecule is O=CCCC(=O)NCc1nnc(-c2ccccn2)nn1. The number of nitrogens with one attached hydrogen (secondary N) is 1. The largest absolute Gasteiger partial charge is 0.349 e. The van der Waals surface area contributed by atoms with Crippen LogP contribution in [0.3, 0.4) is 0 Å². The number of rotatable bonds is 6. The fraction of sp³-hybridized carbons (Fsp3) is 0.250. The Morgan fingerprint density at radius 1 is 1.20 bits per heavy atom. The molecule has 2 aromatic heterocycles. The molecule has 0 saturated heterocycles. The van der Waals surface area contributed by atoms with Crippen molar-refractivity contribution >= 4 is 12.2 Å². The number of aromatic nitrogens is 5. The quantitative estimate of drug-likeness (QED) is 0.732. The molecule has 102 valence electrons. The zero-order chi connectivity index (χ0) is 14.2. The summed E-state index contributed by atoms with van der Waals surface area (Å²) in [6.07, 6.45) is 2.67. The first kappa shape index (κ1) is 13.7. The Hall–Kier alpha value is -2.77. The first-order valence-electron chi connectivity index (χ1n) is 5.97. The Morgan fingerprint density at radius 2 is 2.00 bits per heavy atom. The predicted molar refractivity (Wildman–Crippen MR) is 68.0 cm³/mol. The van der Waals surface area contributed by atoms with Crippen molar-refractivity contribution in [1.82, 2.24) is 30.7 Å². The summed E-state index contributed by atoms with van der Waals surface area (Å²) < 4.78 is 0. The van der Waals surface area contributed by atoms with Gasteiger partial charge in [0.05, 0.1) is 6.54 Å². The number of hydrogen-bond acceptors (Lipinski definition) is 7. The van der Waals surface area contributed by atoms with Gasteiger partial charge in [0, 0.05) is 19.0 Å². The van der Waals surface area contributed by atoms with Crippen LogP contribution in [0.5, 0.6) is 0 Å². The summed E-state index contributed by atoms with van der Waals surface area (Å²) in [5.74, 6) is 0.375. The van der Waals surface area contributed by atoms with Crippen LogP contribution < -0.4 is 5.32 Å². The maximum Gasteiger partial charge on any atom is 0.221 e. The number of hydrogen-bond donors (Lipinski definition) is 1. The predicted octanol–water partition coefficient (Wildman–Crippen LogP) is -0.0761. The van der Waals surface area contributed by atoms with Crippen molar-refractivity contribution in [2.75, 3.05) is 0 Å². The van der Waals surface area contributed by atoms with Crippen molar-refractivity contribution in [2.24, 2.45) is 0 Å². The fourth-order valence-corrected chi connectivity index (χ4v) is 1.37. The number of amides is 1. The van der Waals surface area contributed by atoms with Crippen LogP contribution in [0.2, 0.25) is 0 Å². The van der Waals surface area contributed by atoms with E-state index in [0.717, 1.165) is 0 Å². The van der Waals surface area contributed by atoms with Crippen LogP contribution in [0.25, 0.3) is 11.5 Å². The van der Waals surface area contributed by atoms with E-state index in [1.54, 1.807) is 18.3 Å². The van der Waals surface area contributed by atoms with E-state index in [1.165, 1.54) is 0 Å². The van der Waals surface area contributed by atoms with E-state index < -0.39 is 0 Å². The van der Waals surface area contributed by atoms with Gasteiger partial charge in [-0.05, 0) is 12.1 Å². The molecule has 0 fully saturated rings. The van der Waals surface area contributed by atoms with E-state index in [0.29, 0.717) is 23.6 Å². The maximum absolute atomic E-state index is 11.3. The van der Waals surface area contributed by atoms with Crippen molar-refractivity contribution in [3.8, 4) is 11.5 Å². The van der Waals surface area contributed by atoms with Gasteiger partial charge < -0.3 is 10.1 Å². The third-order valence-corrected chi connectivity index (χ3v) is 2.35. The van der Waals surface area contributed by atoms with Gasteiger partial charge in [-0.2, -0.15) is 0 Å². The third kappa shape index (κ3) is 3.87. The summed E-state index contributed by atoms with van der Waals surface area (Å²) in [6.45, 7) is 0.125. The standard InChI is InChI=1S/C12H12N6O2/c19-7-3-5-11(20)14-8-10-15-17-12(18-16-10)9-4-1-2-6-13-9/h1-2,4,6-7H,3,5,8H2,(H,14,20). The van der Waals surface area contributed by atoms with Crippen LogP contribution >= 0.6 is 0 Å². The van der Waals surface area contributed by atoms with E-state index in [-0.39, 0.29) is 25.3 Å². The normalized spacial score (nSPS) is 10.0. The van der Waals surface area contributed by atoms with Crippen molar-refractivity contribution in [1.29, 1.82) is 0 Å². The molecule has 0 bridgehead atoms. The van der Waals surface area contributed by atoms with Gasteiger partial charge in [0.25, 0.3) is 0 Å². The zero-order valence-electron chi connectivity index (χ0n) is 10.6. The Bertz CT molecular complexity index is 572. The molecular formula is C12H12N6O2. The van der Waals surface area contributed by atoms with Gasteiger partial charge in [0.2, 0.25) is 11.7 Å².